The van der Waals surface area contributed by atoms with Crippen LogP contribution in [0.15, 0.2) is 54.7 Å². The van der Waals surface area contributed by atoms with Gasteiger partial charge in [0.05, 0.1) is 12.8 Å². The lowest BCUT2D eigenvalue weighted by atomic mass is 10.1. The number of pyridine rings is 1. The van der Waals surface area contributed by atoms with E-state index in [0.717, 1.165) is 23.1 Å². The highest BCUT2D eigenvalue weighted by atomic mass is 16.5. The average Bonchev–Trinajstić information content (AvgIpc) is 2.67. The third kappa shape index (κ3) is 3.40. The van der Waals surface area contributed by atoms with Crippen LogP contribution >= 0.6 is 0 Å². The normalized spacial score (nSPS) is 10.5. The zero-order valence-electron chi connectivity index (χ0n) is 14.6. The monoisotopic (exact) mass is 335 g/mol. The summed E-state index contributed by atoms with van der Waals surface area (Å²) in [5.41, 5.74) is 3.13. The van der Waals surface area contributed by atoms with E-state index in [1.165, 1.54) is 0 Å². The van der Waals surface area contributed by atoms with Crippen molar-refractivity contribution in [3.63, 3.8) is 0 Å². The van der Waals surface area contributed by atoms with E-state index in [0.29, 0.717) is 17.0 Å². The van der Waals surface area contributed by atoms with E-state index in [-0.39, 0.29) is 5.91 Å². The van der Waals surface area contributed by atoms with Crippen molar-refractivity contribution < 1.29 is 9.53 Å². The molecule has 3 aromatic rings. The molecule has 0 aliphatic carbocycles. The van der Waals surface area contributed by atoms with Gasteiger partial charge in [0.25, 0.3) is 5.91 Å². The maximum absolute atomic E-state index is 12.6. The average molecular weight is 335 g/mol. The third-order valence-corrected chi connectivity index (χ3v) is 4.25. The number of rotatable bonds is 5. The fourth-order valence-corrected chi connectivity index (χ4v) is 2.66. The number of carbonyl (C=O) groups is 1. The SMILES string of the molecule is CCN(C)c1ccc(C(=O)Nc2ccc(OC)c3ncccc23)cc1. The first-order valence-corrected chi connectivity index (χ1v) is 8.18. The van der Waals surface area contributed by atoms with Crippen molar-refractivity contribution in [3.05, 3.63) is 60.3 Å². The number of aromatic nitrogens is 1. The van der Waals surface area contributed by atoms with Crippen molar-refractivity contribution in [1.82, 2.24) is 4.98 Å². The van der Waals surface area contributed by atoms with Gasteiger partial charge in [0.1, 0.15) is 11.3 Å². The van der Waals surface area contributed by atoms with E-state index >= 15 is 0 Å². The Labute approximate surface area is 147 Å². The number of hydrogen-bond acceptors (Lipinski definition) is 4. The summed E-state index contributed by atoms with van der Waals surface area (Å²) < 4.78 is 5.34. The molecule has 25 heavy (non-hydrogen) atoms. The predicted molar refractivity (Wildman–Crippen MR) is 102 cm³/mol. The van der Waals surface area contributed by atoms with Crippen molar-refractivity contribution in [2.24, 2.45) is 0 Å². The van der Waals surface area contributed by atoms with Gasteiger partial charge in [0, 0.05) is 36.4 Å². The van der Waals surface area contributed by atoms with Gasteiger partial charge >= 0.3 is 0 Å². The molecule has 0 fully saturated rings. The summed E-state index contributed by atoms with van der Waals surface area (Å²) in [4.78, 5) is 19.1. The lowest BCUT2D eigenvalue weighted by Crippen LogP contribution is -2.16. The quantitative estimate of drug-likeness (QED) is 0.767. The number of methoxy groups -OCH3 is 1. The molecule has 0 spiro atoms. The number of carbonyl (C=O) groups excluding carboxylic acids is 1. The molecule has 0 saturated carbocycles. The van der Waals surface area contributed by atoms with Gasteiger partial charge in [-0.1, -0.05) is 0 Å². The first-order chi connectivity index (χ1) is 12.1. The second kappa shape index (κ2) is 7.21. The van der Waals surface area contributed by atoms with Crippen LogP contribution in [0.2, 0.25) is 0 Å². The van der Waals surface area contributed by atoms with Crippen molar-refractivity contribution in [2.45, 2.75) is 6.92 Å². The number of nitrogens with one attached hydrogen (secondary N) is 1. The summed E-state index contributed by atoms with van der Waals surface area (Å²) in [6.45, 7) is 3.00. The Morgan fingerprint density at radius 1 is 1.16 bits per heavy atom. The highest BCUT2D eigenvalue weighted by Crippen LogP contribution is 2.30. The molecule has 0 atom stereocenters. The van der Waals surface area contributed by atoms with E-state index in [1.807, 2.05) is 55.6 Å². The molecule has 0 aliphatic heterocycles. The number of hydrogen-bond donors (Lipinski definition) is 1. The Bertz CT molecular complexity index is 891. The van der Waals surface area contributed by atoms with Crippen LogP contribution in [0.3, 0.4) is 0 Å². The predicted octanol–water partition coefficient (Wildman–Crippen LogP) is 3.95. The number of benzene rings is 2. The van der Waals surface area contributed by atoms with Crippen LogP contribution in [0.4, 0.5) is 11.4 Å². The molecule has 1 amide bonds. The lowest BCUT2D eigenvalue weighted by Gasteiger charge is -2.17. The summed E-state index contributed by atoms with van der Waals surface area (Å²) in [5.74, 6) is 0.529. The summed E-state index contributed by atoms with van der Waals surface area (Å²) in [5, 5.41) is 3.81. The largest absolute Gasteiger partial charge is 0.494 e. The minimum Gasteiger partial charge on any atom is -0.494 e. The van der Waals surface area contributed by atoms with Crippen LogP contribution in [-0.4, -0.2) is 31.6 Å². The molecular formula is C20H21N3O2. The third-order valence-electron chi connectivity index (χ3n) is 4.25. The zero-order chi connectivity index (χ0) is 17.8. The Morgan fingerprint density at radius 2 is 1.92 bits per heavy atom. The number of nitrogens with zero attached hydrogens (tertiary/aromatic N) is 2. The van der Waals surface area contributed by atoms with Gasteiger partial charge in [0.15, 0.2) is 0 Å². The fraction of sp³-hybridized carbons (Fsp3) is 0.200. The van der Waals surface area contributed by atoms with Gasteiger partial charge in [-0.3, -0.25) is 9.78 Å². The van der Waals surface area contributed by atoms with E-state index in [2.05, 4.69) is 22.1 Å². The molecule has 1 N–H and O–H groups in total. The molecule has 128 valence electrons. The van der Waals surface area contributed by atoms with Crippen LogP contribution in [0, 0.1) is 0 Å². The van der Waals surface area contributed by atoms with E-state index in [1.54, 1.807) is 13.3 Å². The van der Waals surface area contributed by atoms with Gasteiger partial charge in [-0.05, 0) is 55.5 Å². The fourth-order valence-electron chi connectivity index (χ4n) is 2.66. The van der Waals surface area contributed by atoms with Gasteiger partial charge in [-0.15, -0.1) is 0 Å². The van der Waals surface area contributed by atoms with Crippen LogP contribution in [-0.2, 0) is 0 Å². The van der Waals surface area contributed by atoms with E-state index in [4.69, 9.17) is 4.74 Å². The first kappa shape index (κ1) is 16.8. The maximum atomic E-state index is 12.6. The number of amides is 1. The van der Waals surface area contributed by atoms with Gasteiger partial charge in [-0.2, -0.15) is 0 Å². The Balaban J connectivity index is 1.87. The van der Waals surface area contributed by atoms with Crippen molar-refractivity contribution in [2.75, 3.05) is 30.9 Å². The van der Waals surface area contributed by atoms with Crippen molar-refractivity contribution in [1.29, 1.82) is 0 Å². The van der Waals surface area contributed by atoms with E-state index < -0.39 is 0 Å². The molecule has 0 bridgehead atoms. The topological polar surface area (TPSA) is 54.5 Å². The van der Waals surface area contributed by atoms with Crippen LogP contribution < -0.4 is 15.0 Å². The van der Waals surface area contributed by atoms with Gasteiger partial charge < -0.3 is 15.0 Å². The second-order valence-electron chi connectivity index (χ2n) is 5.73. The summed E-state index contributed by atoms with van der Waals surface area (Å²) in [6.07, 6.45) is 1.71. The van der Waals surface area contributed by atoms with Crippen LogP contribution in [0.25, 0.3) is 10.9 Å². The number of fused-ring (bicyclic) bond motifs is 1. The minimum absolute atomic E-state index is 0.152. The Morgan fingerprint density at radius 3 is 2.60 bits per heavy atom. The van der Waals surface area contributed by atoms with Crippen molar-refractivity contribution in [3.8, 4) is 5.75 Å². The molecule has 0 aliphatic rings. The molecule has 0 saturated heterocycles. The maximum Gasteiger partial charge on any atom is 0.255 e. The minimum atomic E-state index is -0.152. The van der Waals surface area contributed by atoms with E-state index in [9.17, 15) is 4.79 Å². The molecule has 5 nitrogen and oxygen atoms in total. The number of ether oxygens (including phenoxy) is 1. The lowest BCUT2D eigenvalue weighted by molar-refractivity contribution is 0.102. The zero-order valence-corrected chi connectivity index (χ0v) is 14.6. The molecular weight excluding hydrogens is 314 g/mol. The number of anilines is 2. The summed E-state index contributed by atoms with van der Waals surface area (Å²) >= 11 is 0. The Hall–Kier alpha value is -3.08. The molecule has 1 aromatic heterocycles. The second-order valence-corrected chi connectivity index (χ2v) is 5.73. The molecule has 3 rings (SSSR count). The smallest absolute Gasteiger partial charge is 0.255 e. The van der Waals surface area contributed by atoms with Gasteiger partial charge in [-0.25, -0.2) is 0 Å². The standard InChI is InChI=1S/C20H21N3O2/c1-4-23(2)15-9-7-14(8-10-15)20(24)22-17-11-12-18(25-3)19-16(17)6-5-13-21-19/h5-13H,4H2,1-3H3,(H,22,24). The van der Waals surface area contributed by atoms with Gasteiger partial charge in [0.2, 0.25) is 0 Å². The Kier molecular flexibility index (Phi) is 4.84. The highest BCUT2D eigenvalue weighted by Gasteiger charge is 2.11. The molecule has 1 heterocycles. The summed E-state index contributed by atoms with van der Waals surface area (Å²) in [6, 6.07) is 15.0. The molecule has 2 aromatic carbocycles. The molecule has 0 radical (unpaired) electrons. The molecule has 0 unspecified atom stereocenters. The first-order valence-electron chi connectivity index (χ1n) is 8.18. The van der Waals surface area contributed by atoms with Crippen LogP contribution in [0.1, 0.15) is 17.3 Å². The van der Waals surface area contributed by atoms with Crippen LogP contribution in [0.5, 0.6) is 5.75 Å². The van der Waals surface area contributed by atoms with Crippen molar-refractivity contribution >= 4 is 28.2 Å². The highest BCUT2D eigenvalue weighted by molar-refractivity contribution is 6.09. The molecule has 5 heteroatoms. The summed E-state index contributed by atoms with van der Waals surface area (Å²) in [7, 11) is 3.63.